The fourth-order valence-corrected chi connectivity index (χ4v) is 2.36. The van der Waals surface area contributed by atoms with E-state index < -0.39 is 0 Å². The zero-order valence-electron chi connectivity index (χ0n) is 8.84. The number of hydrogen-bond acceptors (Lipinski definition) is 3. The average Bonchev–Trinajstić information content (AvgIpc) is 2.27. The monoisotopic (exact) mass is 349 g/mol. The summed E-state index contributed by atoms with van der Waals surface area (Å²) in [6.07, 6.45) is 2.41. The standard InChI is InChI=1S/C11H13Br2NO2/c1-3-4-7(14)6-5-8(16-2)11(15)10(13)9(6)12/h3,5,7,15H,1,4,14H2,2H3/t7-/m0/s1. The minimum atomic E-state index is -0.183. The van der Waals surface area contributed by atoms with Crippen molar-refractivity contribution in [2.75, 3.05) is 7.11 Å². The van der Waals surface area contributed by atoms with E-state index in [1.807, 2.05) is 0 Å². The second-order valence-corrected chi connectivity index (χ2v) is 4.86. The largest absolute Gasteiger partial charge is 0.503 e. The molecule has 1 atom stereocenters. The van der Waals surface area contributed by atoms with Gasteiger partial charge >= 0.3 is 0 Å². The number of hydrogen-bond donors (Lipinski definition) is 2. The van der Waals surface area contributed by atoms with Crippen LogP contribution in [-0.4, -0.2) is 12.2 Å². The minimum absolute atomic E-state index is 0.0592. The van der Waals surface area contributed by atoms with E-state index in [9.17, 15) is 5.11 Å². The van der Waals surface area contributed by atoms with E-state index in [0.29, 0.717) is 16.6 Å². The number of phenolic OH excluding ortho intramolecular Hbond substituents is 1. The quantitative estimate of drug-likeness (QED) is 0.817. The third kappa shape index (κ3) is 2.59. The first-order valence-corrected chi connectivity index (χ1v) is 6.22. The molecule has 0 radical (unpaired) electrons. The number of methoxy groups -OCH3 is 1. The number of rotatable bonds is 4. The third-order valence-electron chi connectivity index (χ3n) is 2.21. The van der Waals surface area contributed by atoms with E-state index >= 15 is 0 Å². The molecule has 3 nitrogen and oxygen atoms in total. The van der Waals surface area contributed by atoms with E-state index in [-0.39, 0.29) is 11.8 Å². The van der Waals surface area contributed by atoms with Crippen molar-refractivity contribution in [3.8, 4) is 11.5 Å². The molecule has 88 valence electrons. The predicted octanol–water partition coefficient (Wildman–Crippen LogP) is 3.50. The SMILES string of the molecule is C=CC[C@H](N)c1cc(OC)c(O)c(Br)c1Br. The van der Waals surface area contributed by atoms with Crippen LogP contribution in [-0.2, 0) is 0 Å². The Hall–Kier alpha value is -0.520. The maximum absolute atomic E-state index is 9.75. The average molecular weight is 351 g/mol. The molecule has 0 amide bonds. The molecule has 5 heteroatoms. The number of ether oxygens (including phenoxy) is 1. The Kier molecular flexibility index (Phi) is 4.83. The van der Waals surface area contributed by atoms with Crippen molar-refractivity contribution < 1.29 is 9.84 Å². The van der Waals surface area contributed by atoms with Gasteiger partial charge in [0, 0.05) is 10.5 Å². The lowest BCUT2D eigenvalue weighted by molar-refractivity contribution is 0.370. The van der Waals surface area contributed by atoms with Crippen LogP contribution in [0.5, 0.6) is 11.5 Å². The molecule has 3 N–H and O–H groups in total. The van der Waals surface area contributed by atoms with Crippen molar-refractivity contribution in [2.24, 2.45) is 5.73 Å². The summed E-state index contributed by atoms with van der Waals surface area (Å²) in [4.78, 5) is 0. The van der Waals surface area contributed by atoms with Gasteiger partial charge in [0.2, 0.25) is 0 Å². The van der Waals surface area contributed by atoms with E-state index in [4.69, 9.17) is 10.5 Å². The van der Waals surface area contributed by atoms with Gasteiger partial charge in [0.25, 0.3) is 0 Å². The van der Waals surface area contributed by atoms with Gasteiger partial charge in [-0.1, -0.05) is 6.08 Å². The molecule has 0 aromatic heterocycles. The van der Waals surface area contributed by atoms with Crippen molar-refractivity contribution >= 4 is 31.9 Å². The molecule has 0 saturated heterocycles. The second kappa shape index (κ2) is 5.70. The Morgan fingerprint density at radius 3 is 2.69 bits per heavy atom. The molecule has 0 unspecified atom stereocenters. The topological polar surface area (TPSA) is 55.5 Å². The van der Waals surface area contributed by atoms with E-state index in [2.05, 4.69) is 38.4 Å². The van der Waals surface area contributed by atoms with Crippen LogP contribution in [0.15, 0.2) is 27.7 Å². The molecule has 0 saturated carbocycles. The normalized spacial score (nSPS) is 12.2. The second-order valence-electron chi connectivity index (χ2n) is 3.28. The molecule has 1 aromatic carbocycles. The first kappa shape index (κ1) is 13.5. The van der Waals surface area contributed by atoms with Crippen LogP contribution in [0, 0.1) is 0 Å². The first-order chi connectivity index (χ1) is 7.52. The van der Waals surface area contributed by atoms with Crippen molar-refractivity contribution in [3.63, 3.8) is 0 Å². The maximum Gasteiger partial charge on any atom is 0.173 e. The lowest BCUT2D eigenvalue weighted by Gasteiger charge is -2.16. The van der Waals surface area contributed by atoms with Crippen LogP contribution in [0.1, 0.15) is 18.0 Å². The number of phenols is 1. The third-order valence-corrected chi connectivity index (χ3v) is 4.37. The van der Waals surface area contributed by atoms with Crippen LogP contribution >= 0.6 is 31.9 Å². The Bertz CT molecular complexity index is 407. The Morgan fingerprint density at radius 2 is 2.19 bits per heavy atom. The van der Waals surface area contributed by atoms with Crippen molar-refractivity contribution in [3.05, 3.63) is 33.2 Å². The molecule has 0 aliphatic rings. The number of halogens is 2. The molecule has 16 heavy (non-hydrogen) atoms. The zero-order valence-corrected chi connectivity index (χ0v) is 12.0. The molecule has 0 aliphatic carbocycles. The van der Waals surface area contributed by atoms with Crippen LogP contribution < -0.4 is 10.5 Å². The molecule has 0 fully saturated rings. The van der Waals surface area contributed by atoms with Crippen molar-refractivity contribution in [1.29, 1.82) is 0 Å². The van der Waals surface area contributed by atoms with Crippen LogP contribution in [0.2, 0.25) is 0 Å². The Morgan fingerprint density at radius 1 is 1.56 bits per heavy atom. The summed E-state index contributed by atoms with van der Waals surface area (Å²) in [5.74, 6) is 0.452. The minimum Gasteiger partial charge on any atom is -0.503 e. The lowest BCUT2D eigenvalue weighted by Crippen LogP contribution is -2.10. The van der Waals surface area contributed by atoms with E-state index in [1.165, 1.54) is 7.11 Å². The maximum atomic E-state index is 9.75. The predicted molar refractivity (Wildman–Crippen MR) is 71.8 cm³/mol. The van der Waals surface area contributed by atoms with Crippen LogP contribution in [0.3, 0.4) is 0 Å². The zero-order chi connectivity index (χ0) is 12.3. The molecule has 0 aliphatic heterocycles. The summed E-state index contributed by atoms with van der Waals surface area (Å²) in [6, 6.07) is 1.54. The van der Waals surface area contributed by atoms with Crippen molar-refractivity contribution in [2.45, 2.75) is 12.5 Å². The number of benzene rings is 1. The van der Waals surface area contributed by atoms with Gasteiger partial charge in [0.05, 0.1) is 11.6 Å². The Balaban J connectivity index is 3.29. The van der Waals surface area contributed by atoms with E-state index in [0.717, 1.165) is 10.0 Å². The van der Waals surface area contributed by atoms with Gasteiger partial charge in [-0.25, -0.2) is 0 Å². The highest BCUT2D eigenvalue weighted by molar-refractivity contribution is 9.13. The van der Waals surface area contributed by atoms with Crippen molar-refractivity contribution in [1.82, 2.24) is 0 Å². The first-order valence-electron chi connectivity index (χ1n) is 4.64. The summed E-state index contributed by atoms with van der Waals surface area (Å²) in [5, 5.41) is 9.75. The lowest BCUT2D eigenvalue weighted by atomic mass is 10.0. The Labute approximate surface area is 112 Å². The molecule has 0 bridgehead atoms. The fraction of sp³-hybridized carbons (Fsp3) is 0.273. The molecular formula is C11H13Br2NO2. The van der Waals surface area contributed by atoms with Gasteiger partial charge in [0.15, 0.2) is 11.5 Å². The molecule has 1 aromatic rings. The van der Waals surface area contributed by atoms with E-state index in [1.54, 1.807) is 12.1 Å². The number of aromatic hydroxyl groups is 1. The molecule has 0 spiro atoms. The van der Waals surface area contributed by atoms with Crippen LogP contribution in [0.25, 0.3) is 0 Å². The summed E-state index contributed by atoms with van der Waals surface area (Å²) < 4.78 is 6.35. The summed E-state index contributed by atoms with van der Waals surface area (Å²) in [7, 11) is 1.50. The smallest absolute Gasteiger partial charge is 0.173 e. The summed E-state index contributed by atoms with van der Waals surface area (Å²) >= 11 is 6.67. The highest BCUT2D eigenvalue weighted by atomic mass is 79.9. The summed E-state index contributed by atoms with van der Waals surface area (Å²) in [6.45, 7) is 3.65. The summed E-state index contributed by atoms with van der Waals surface area (Å²) in [5.41, 5.74) is 6.85. The number of nitrogens with two attached hydrogens (primary N) is 1. The van der Waals surface area contributed by atoms with Gasteiger partial charge in [-0.2, -0.15) is 0 Å². The fourth-order valence-electron chi connectivity index (χ4n) is 1.34. The van der Waals surface area contributed by atoms with Gasteiger partial charge in [-0.3, -0.25) is 0 Å². The molecule has 0 heterocycles. The highest BCUT2D eigenvalue weighted by Gasteiger charge is 2.18. The van der Waals surface area contributed by atoms with Gasteiger partial charge < -0.3 is 15.6 Å². The highest BCUT2D eigenvalue weighted by Crippen LogP contribution is 2.43. The van der Waals surface area contributed by atoms with Gasteiger partial charge in [-0.15, -0.1) is 6.58 Å². The van der Waals surface area contributed by atoms with Gasteiger partial charge in [-0.05, 0) is 49.9 Å². The molecule has 1 rings (SSSR count). The van der Waals surface area contributed by atoms with Crippen LogP contribution in [0.4, 0.5) is 0 Å². The molecular weight excluding hydrogens is 338 g/mol. The van der Waals surface area contributed by atoms with Gasteiger partial charge in [0.1, 0.15) is 0 Å².